The Morgan fingerprint density at radius 2 is 1.91 bits per heavy atom. The first-order valence-electron chi connectivity index (χ1n) is 9.89. The van der Waals surface area contributed by atoms with Crippen molar-refractivity contribution in [1.29, 1.82) is 0 Å². The number of primary amides is 1. The Labute approximate surface area is 195 Å². The lowest BCUT2D eigenvalue weighted by molar-refractivity contribution is -0.132. The van der Waals surface area contributed by atoms with E-state index in [0.717, 1.165) is 5.56 Å². The van der Waals surface area contributed by atoms with Crippen LogP contribution in [0.25, 0.3) is 16.1 Å². The van der Waals surface area contributed by atoms with Gasteiger partial charge in [-0.1, -0.05) is 53.5 Å². The van der Waals surface area contributed by atoms with Crippen molar-refractivity contribution in [3.8, 4) is 11.3 Å². The van der Waals surface area contributed by atoms with E-state index in [0.29, 0.717) is 39.2 Å². The molecule has 0 saturated carbocycles. The van der Waals surface area contributed by atoms with Crippen molar-refractivity contribution in [1.82, 2.24) is 14.7 Å². The van der Waals surface area contributed by atoms with Crippen molar-refractivity contribution in [2.45, 2.75) is 25.9 Å². The van der Waals surface area contributed by atoms with Crippen LogP contribution in [0.3, 0.4) is 0 Å². The number of benzene rings is 2. The molecule has 1 unspecified atom stereocenters. The normalized spacial score (nSPS) is 15.2. The molecule has 7 nitrogen and oxygen atoms in total. The first-order chi connectivity index (χ1) is 15.3. The van der Waals surface area contributed by atoms with Crippen LogP contribution in [0.4, 0.5) is 5.69 Å². The fraction of sp³-hybridized carbons (Fsp3) is 0.217. The van der Waals surface area contributed by atoms with Gasteiger partial charge in [0.25, 0.3) is 5.91 Å². The highest BCUT2D eigenvalue weighted by Gasteiger charge is 2.32. The van der Waals surface area contributed by atoms with Crippen LogP contribution in [0, 0.1) is 6.57 Å². The van der Waals surface area contributed by atoms with Crippen molar-refractivity contribution in [2.75, 3.05) is 6.54 Å². The number of hydrogen-bond donors (Lipinski definition) is 1. The summed E-state index contributed by atoms with van der Waals surface area (Å²) in [5.74, 6) is -0.699. The van der Waals surface area contributed by atoms with Crippen LogP contribution in [-0.4, -0.2) is 33.0 Å². The minimum atomic E-state index is -0.622. The van der Waals surface area contributed by atoms with Crippen LogP contribution in [-0.2, 0) is 17.8 Å². The molecule has 2 N–H and O–H groups in total. The van der Waals surface area contributed by atoms with Gasteiger partial charge >= 0.3 is 0 Å². The largest absolute Gasteiger partial charge is 0.365 e. The van der Waals surface area contributed by atoms with Gasteiger partial charge in [0.15, 0.2) is 5.69 Å². The molecule has 32 heavy (non-hydrogen) atoms. The van der Waals surface area contributed by atoms with E-state index in [1.165, 1.54) is 0 Å². The van der Waals surface area contributed by atoms with Gasteiger partial charge in [0.1, 0.15) is 5.69 Å². The molecule has 1 aromatic heterocycles. The van der Waals surface area contributed by atoms with Gasteiger partial charge in [-0.25, -0.2) is 4.85 Å². The lowest BCUT2D eigenvalue weighted by Crippen LogP contribution is -2.41. The third-order valence-corrected chi connectivity index (χ3v) is 6.20. The lowest BCUT2D eigenvalue weighted by Gasteiger charge is -2.32. The molecule has 0 aliphatic carbocycles. The van der Waals surface area contributed by atoms with Gasteiger partial charge in [0.2, 0.25) is 5.91 Å². The zero-order chi connectivity index (χ0) is 23.0. The number of rotatable bonds is 4. The topological polar surface area (TPSA) is 85.6 Å². The molecule has 2 heterocycles. The van der Waals surface area contributed by atoms with E-state index in [-0.39, 0.29) is 30.5 Å². The van der Waals surface area contributed by atoms with Gasteiger partial charge < -0.3 is 10.6 Å². The van der Waals surface area contributed by atoms with E-state index in [9.17, 15) is 9.59 Å². The number of carbonyl (C=O) groups excluding carboxylic acids is 2. The van der Waals surface area contributed by atoms with Crippen molar-refractivity contribution in [3.63, 3.8) is 0 Å². The summed E-state index contributed by atoms with van der Waals surface area (Å²) in [6.07, 6.45) is 0.199. The number of fused-ring (bicyclic) bond motifs is 1. The van der Waals surface area contributed by atoms with Gasteiger partial charge in [-0.05, 0) is 24.6 Å². The summed E-state index contributed by atoms with van der Waals surface area (Å²) in [7, 11) is 0. The van der Waals surface area contributed by atoms with Crippen molar-refractivity contribution in [2.24, 2.45) is 5.73 Å². The third kappa shape index (κ3) is 4.07. The number of nitrogens with two attached hydrogens (primary N) is 1. The third-order valence-electron chi connectivity index (χ3n) is 5.47. The number of carbonyl (C=O) groups is 2. The molecule has 1 atom stereocenters. The SMILES string of the molecule is [C-]#[N+]c1ccc(CC(=O)N2Cc3c(C(N)=O)c(-c4ccc(Cl)c(Cl)c4)nn3C(C)C2)cc1. The van der Waals surface area contributed by atoms with Gasteiger partial charge in [-0.3, -0.25) is 14.3 Å². The minimum absolute atomic E-state index is 0.0774. The fourth-order valence-corrected chi connectivity index (χ4v) is 4.19. The molecule has 2 aromatic carbocycles. The highest BCUT2D eigenvalue weighted by atomic mass is 35.5. The quantitative estimate of drug-likeness (QED) is 0.566. The Balaban J connectivity index is 1.66. The molecule has 1 aliphatic heterocycles. The van der Waals surface area contributed by atoms with Crippen LogP contribution in [0.5, 0.6) is 0 Å². The average Bonchev–Trinajstić information content (AvgIpc) is 3.16. The molecule has 3 aromatic rings. The van der Waals surface area contributed by atoms with Crippen molar-refractivity contribution < 1.29 is 9.59 Å². The summed E-state index contributed by atoms with van der Waals surface area (Å²) < 4.78 is 1.76. The number of amides is 2. The van der Waals surface area contributed by atoms with Crippen LogP contribution in [0.15, 0.2) is 42.5 Å². The second-order valence-corrected chi connectivity index (χ2v) is 8.50. The molecular weight excluding hydrogens is 449 g/mol. The lowest BCUT2D eigenvalue weighted by atomic mass is 10.0. The standard InChI is InChI=1S/C23H19Cl2N5O2/c1-13-11-29(20(31)9-14-3-6-16(27-2)7-4-14)12-19-21(23(26)32)22(28-30(13)19)15-5-8-17(24)18(25)10-15/h3-8,10,13H,9,11-12H2,1H3,(H2,26,32). The minimum Gasteiger partial charge on any atom is -0.365 e. The second kappa shape index (κ2) is 8.65. The van der Waals surface area contributed by atoms with Crippen molar-refractivity contribution >= 4 is 40.7 Å². The molecule has 0 fully saturated rings. The predicted molar refractivity (Wildman–Crippen MR) is 123 cm³/mol. The molecule has 162 valence electrons. The number of halogens is 2. The Bertz CT molecular complexity index is 1260. The molecular formula is C23H19Cl2N5O2. The molecule has 1 aliphatic rings. The van der Waals surface area contributed by atoms with Gasteiger partial charge in [-0.2, -0.15) is 5.10 Å². The van der Waals surface area contributed by atoms with E-state index in [2.05, 4.69) is 9.94 Å². The molecule has 0 spiro atoms. The number of hydrogen-bond acceptors (Lipinski definition) is 3. The van der Waals surface area contributed by atoms with Crippen LogP contribution in [0.2, 0.25) is 10.0 Å². The zero-order valence-electron chi connectivity index (χ0n) is 17.2. The average molecular weight is 468 g/mol. The van der Waals surface area contributed by atoms with Gasteiger partial charge in [-0.15, -0.1) is 0 Å². The van der Waals surface area contributed by atoms with E-state index >= 15 is 0 Å². The van der Waals surface area contributed by atoms with Crippen LogP contribution < -0.4 is 5.73 Å². The Kier molecular flexibility index (Phi) is 5.92. The second-order valence-electron chi connectivity index (χ2n) is 7.69. The predicted octanol–water partition coefficient (Wildman–Crippen LogP) is 4.65. The molecule has 9 heteroatoms. The Hall–Kier alpha value is -3.34. The van der Waals surface area contributed by atoms with Gasteiger partial charge in [0, 0.05) is 12.1 Å². The highest BCUT2D eigenvalue weighted by molar-refractivity contribution is 6.42. The van der Waals surface area contributed by atoms with Gasteiger partial charge in [0.05, 0.1) is 46.9 Å². The van der Waals surface area contributed by atoms with Crippen molar-refractivity contribution in [3.05, 3.63) is 80.7 Å². The van der Waals surface area contributed by atoms with E-state index in [1.807, 2.05) is 6.92 Å². The van der Waals surface area contributed by atoms with Crippen LogP contribution in [0.1, 0.15) is 34.6 Å². The summed E-state index contributed by atoms with van der Waals surface area (Å²) >= 11 is 12.2. The van der Waals surface area contributed by atoms with Crippen LogP contribution >= 0.6 is 23.2 Å². The van der Waals surface area contributed by atoms with E-state index < -0.39 is 5.91 Å². The summed E-state index contributed by atoms with van der Waals surface area (Å²) in [6, 6.07) is 11.8. The molecule has 0 radical (unpaired) electrons. The monoisotopic (exact) mass is 467 g/mol. The summed E-state index contributed by atoms with van der Waals surface area (Å²) in [6.45, 7) is 9.64. The molecule has 0 saturated heterocycles. The Morgan fingerprint density at radius 1 is 1.19 bits per heavy atom. The molecule has 4 rings (SSSR count). The maximum Gasteiger partial charge on any atom is 0.252 e. The highest BCUT2D eigenvalue weighted by Crippen LogP contribution is 2.34. The first kappa shape index (κ1) is 21.9. The van der Waals surface area contributed by atoms with E-state index in [1.54, 1.807) is 52.0 Å². The first-order valence-corrected chi connectivity index (χ1v) is 10.6. The molecule has 2 amide bonds. The fourth-order valence-electron chi connectivity index (χ4n) is 3.90. The summed E-state index contributed by atoms with van der Waals surface area (Å²) in [5, 5.41) is 5.38. The summed E-state index contributed by atoms with van der Waals surface area (Å²) in [4.78, 5) is 30.5. The zero-order valence-corrected chi connectivity index (χ0v) is 18.7. The number of aromatic nitrogens is 2. The number of nitrogens with zero attached hydrogens (tertiary/aromatic N) is 4. The maximum atomic E-state index is 13.0. The molecule has 0 bridgehead atoms. The smallest absolute Gasteiger partial charge is 0.252 e. The Morgan fingerprint density at radius 3 is 2.53 bits per heavy atom. The summed E-state index contributed by atoms with van der Waals surface area (Å²) in [5.41, 5.74) is 8.98. The van der Waals surface area contributed by atoms with E-state index in [4.69, 9.17) is 35.5 Å². The maximum absolute atomic E-state index is 13.0.